The number of rotatable bonds is 7. The third-order valence-electron chi connectivity index (χ3n) is 7.28. The zero-order valence-electron chi connectivity index (χ0n) is 22.3. The Morgan fingerprint density at radius 1 is 0.816 bits per heavy atom. The van der Waals surface area contributed by atoms with Crippen molar-refractivity contribution >= 4 is 49.9 Å². The minimum absolute atomic E-state index is 1.02. The van der Waals surface area contributed by atoms with Crippen molar-refractivity contribution in [2.45, 2.75) is 20.8 Å². The van der Waals surface area contributed by atoms with E-state index in [1.54, 1.807) is 0 Å². The molecule has 1 heteroatoms. The van der Waals surface area contributed by atoms with E-state index >= 15 is 0 Å². The van der Waals surface area contributed by atoms with E-state index in [1.807, 2.05) is 36.5 Å². The van der Waals surface area contributed by atoms with Gasteiger partial charge in [-0.2, -0.15) is 0 Å². The molecule has 0 radical (unpaired) electrons. The molecule has 0 saturated carbocycles. The molecule has 0 saturated heterocycles. The molecular formula is C37H32S. The maximum absolute atomic E-state index is 4.40. The molecule has 186 valence electrons. The van der Waals surface area contributed by atoms with Crippen molar-refractivity contribution in [3.8, 4) is 22.3 Å². The van der Waals surface area contributed by atoms with Gasteiger partial charge in [-0.15, -0.1) is 11.3 Å². The number of thiophene rings is 1. The molecular weight excluding hydrogens is 476 g/mol. The Kier molecular flexibility index (Phi) is 7.13. The molecule has 0 bridgehead atoms. The quantitative estimate of drug-likeness (QED) is 0.192. The normalized spacial score (nSPS) is 11.9. The molecule has 0 spiro atoms. The first-order chi connectivity index (χ1) is 18.5. The molecule has 1 aromatic heterocycles. The van der Waals surface area contributed by atoms with E-state index in [1.165, 1.54) is 43.1 Å². The molecule has 0 aliphatic heterocycles. The molecule has 0 aliphatic rings. The summed E-state index contributed by atoms with van der Waals surface area (Å²) < 4.78 is 1.31. The molecule has 0 N–H and O–H groups in total. The fourth-order valence-corrected chi connectivity index (χ4v) is 6.39. The number of hydrogen-bond acceptors (Lipinski definition) is 1. The molecule has 4 aromatic carbocycles. The Morgan fingerprint density at radius 2 is 1.47 bits per heavy atom. The summed E-state index contributed by atoms with van der Waals surface area (Å²) in [4.78, 5) is 0. The second-order valence-electron chi connectivity index (χ2n) is 9.57. The largest absolute Gasteiger partial charge is 0.143 e. The van der Waals surface area contributed by atoms with Crippen molar-refractivity contribution in [1.82, 2.24) is 0 Å². The van der Waals surface area contributed by atoms with Crippen molar-refractivity contribution in [2.75, 3.05) is 0 Å². The maximum Gasteiger partial charge on any atom is 0.0424 e. The number of allylic oxidation sites excluding steroid dienone is 5. The summed E-state index contributed by atoms with van der Waals surface area (Å²) in [6.07, 6.45) is 10.2. The smallest absolute Gasteiger partial charge is 0.0424 e. The lowest BCUT2D eigenvalue weighted by Gasteiger charge is -2.21. The second-order valence-corrected chi connectivity index (χ2v) is 10.4. The third-order valence-corrected chi connectivity index (χ3v) is 8.43. The van der Waals surface area contributed by atoms with Crippen molar-refractivity contribution < 1.29 is 0 Å². The van der Waals surface area contributed by atoms with Crippen LogP contribution < -0.4 is 0 Å². The van der Waals surface area contributed by atoms with Crippen LogP contribution in [-0.4, -0.2) is 0 Å². The van der Waals surface area contributed by atoms with E-state index < -0.39 is 0 Å². The molecule has 1 heterocycles. The van der Waals surface area contributed by atoms with E-state index in [0.717, 1.165) is 33.4 Å². The summed E-state index contributed by atoms with van der Waals surface area (Å²) in [7, 11) is 0. The topological polar surface area (TPSA) is 0 Å². The maximum atomic E-state index is 4.40. The van der Waals surface area contributed by atoms with Gasteiger partial charge in [0.25, 0.3) is 0 Å². The lowest BCUT2D eigenvalue weighted by atomic mass is 9.82. The van der Waals surface area contributed by atoms with Crippen LogP contribution in [0.4, 0.5) is 0 Å². The van der Waals surface area contributed by atoms with Gasteiger partial charge in [0.15, 0.2) is 0 Å². The molecule has 0 aliphatic carbocycles. The van der Waals surface area contributed by atoms with E-state index in [-0.39, 0.29) is 0 Å². The Bertz CT molecular complexity index is 1790. The number of hydrogen-bond donors (Lipinski definition) is 0. The summed E-state index contributed by atoms with van der Waals surface area (Å²) in [5.74, 6) is 0. The average molecular weight is 509 g/mol. The highest BCUT2D eigenvalue weighted by Crippen LogP contribution is 2.46. The highest BCUT2D eigenvalue weighted by atomic mass is 32.1. The van der Waals surface area contributed by atoms with Crippen molar-refractivity contribution in [3.63, 3.8) is 0 Å². The average Bonchev–Trinajstić information content (AvgIpc) is 3.34. The van der Waals surface area contributed by atoms with E-state index in [0.29, 0.717) is 0 Å². The number of benzene rings is 4. The van der Waals surface area contributed by atoms with Crippen LogP contribution in [0.1, 0.15) is 36.1 Å². The summed E-state index contributed by atoms with van der Waals surface area (Å²) >= 11 is 1.81. The minimum Gasteiger partial charge on any atom is -0.143 e. The summed E-state index contributed by atoms with van der Waals surface area (Å²) in [5.41, 5.74) is 11.6. The first-order valence-corrected chi connectivity index (χ1v) is 13.8. The predicted molar refractivity (Wildman–Crippen MR) is 173 cm³/mol. The van der Waals surface area contributed by atoms with Crippen molar-refractivity contribution in [1.29, 1.82) is 0 Å². The Morgan fingerprint density at radius 3 is 2.18 bits per heavy atom. The van der Waals surface area contributed by atoms with Gasteiger partial charge in [-0.1, -0.05) is 111 Å². The molecule has 0 unspecified atom stereocenters. The monoisotopic (exact) mass is 508 g/mol. The first-order valence-electron chi connectivity index (χ1n) is 12.9. The van der Waals surface area contributed by atoms with Crippen LogP contribution in [0.15, 0.2) is 116 Å². The second kappa shape index (κ2) is 10.7. The SMILES string of the molecule is C=Cc1c(C=C)c(-c2cccc3c(C)csc23)c2ccccc2c1-c1cccc(C(=C)/C(C)=C/C=C\C)c1. The van der Waals surface area contributed by atoms with Crippen LogP contribution in [0.5, 0.6) is 0 Å². The fourth-order valence-electron chi connectivity index (χ4n) is 5.32. The zero-order chi connectivity index (χ0) is 26.8. The number of aryl methyl sites for hydroxylation is 1. The van der Waals surface area contributed by atoms with Crippen LogP contribution in [0.25, 0.3) is 60.8 Å². The van der Waals surface area contributed by atoms with E-state index in [9.17, 15) is 0 Å². The fraction of sp³-hybridized carbons (Fsp3) is 0.0811. The van der Waals surface area contributed by atoms with Gasteiger partial charge >= 0.3 is 0 Å². The lowest BCUT2D eigenvalue weighted by Crippen LogP contribution is -1.97. The first kappa shape index (κ1) is 25.4. The number of fused-ring (bicyclic) bond motifs is 2. The molecule has 5 rings (SSSR count). The predicted octanol–water partition coefficient (Wildman–Crippen LogP) is 11.5. The highest BCUT2D eigenvalue weighted by Gasteiger charge is 2.20. The standard InChI is InChI=1S/C37H32S/c1-7-10-15-24(4)26(6)27-16-13-17-28(22-27)35-29(8-2)30(9-3)36(33-19-12-11-18-32(33)35)34-21-14-20-31-25(5)23-38-37(31)34/h7-23H,2-3,6H2,1,4-5H3/b10-7-,24-15+. The van der Waals surface area contributed by atoms with Gasteiger partial charge < -0.3 is 0 Å². The summed E-state index contributed by atoms with van der Waals surface area (Å²) in [5, 5.41) is 5.98. The Labute approximate surface area is 230 Å². The van der Waals surface area contributed by atoms with E-state index in [2.05, 4.69) is 118 Å². The molecule has 0 nitrogen and oxygen atoms in total. The van der Waals surface area contributed by atoms with Gasteiger partial charge in [0.05, 0.1) is 0 Å². The summed E-state index contributed by atoms with van der Waals surface area (Å²) in [6, 6.07) is 24.0. The highest BCUT2D eigenvalue weighted by molar-refractivity contribution is 7.18. The Balaban J connectivity index is 1.83. The molecule has 0 fully saturated rings. The van der Waals surface area contributed by atoms with Crippen LogP contribution in [0.2, 0.25) is 0 Å². The molecule has 5 aromatic rings. The molecule has 0 amide bonds. The van der Waals surface area contributed by atoms with Gasteiger partial charge in [0.1, 0.15) is 0 Å². The van der Waals surface area contributed by atoms with Crippen molar-refractivity contribution in [2.24, 2.45) is 0 Å². The van der Waals surface area contributed by atoms with Gasteiger partial charge in [0, 0.05) is 10.3 Å². The van der Waals surface area contributed by atoms with Crippen LogP contribution in [-0.2, 0) is 0 Å². The minimum atomic E-state index is 1.02. The van der Waals surface area contributed by atoms with Crippen molar-refractivity contribution in [3.05, 3.63) is 138 Å². The van der Waals surface area contributed by atoms with Crippen LogP contribution in [0.3, 0.4) is 0 Å². The molecule has 38 heavy (non-hydrogen) atoms. The van der Waals surface area contributed by atoms with Gasteiger partial charge in [-0.3, -0.25) is 0 Å². The Hall–Kier alpha value is -4.20. The van der Waals surface area contributed by atoms with Crippen LogP contribution >= 0.6 is 11.3 Å². The lowest BCUT2D eigenvalue weighted by molar-refractivity contribution is 1.49. The van der Waals surface area contributed by atoms with E-state index in [4.69, 9.17) is 0 Å². The van der Waals surface area contributed by atoms with Gasteiger partial charge in [-0.05, 0) is 98.5 Å². The molecule has 0 atom stereocenters. The van der Waals surface area contributed by atoms with Gasteiger partial charge in [-0.25, -0.2) is 0 Å². The third kappa shape index (κ3) is 4.30. The van der Waals surface area contributed by atoms with Gasteiger partial charge in [0.2, 0.25) is 0 Å². The summed E-state index contributed by atoms with van der Waals surface area (Å²) in [6.45, 7) is 19.3. The zero-order valence-corrected chi connectivity index (χ0v) is 23.2. The van der Waals surface area contributed by atoms with Crippen LogP contribution in [0, 0.1) is 6.92 Å².